The minimum absolute atomic E-state index is 0.170. The molecule has 1 N–H and O–H groups in total. The Morgan fingerprint density at radius 3 is 2.47 bits per heavy atom. The van der Waals surface area contributed by atoms with Crippen molar-refractivity contribution in [3.05, 3.63) is 11.9 Å². The third-order valence-corrected chi connectivity index (χ3v) is 1.91. The first-order valence-electron chi connectivity index (χ1n) is 5.23. The first kappa shape index (κ1) is 13.2. The van der Waals surface area contributed by atoms with E-state index in [2.05, 4.69) is 10.4 Å². The molecule has 1 aromatic heterocycles. The standard InChI is InChI=1S/C11H17N3O3/c1-7(15)9-8(6-12-14(9)5)13-10(16)17-11(2,3)4/h6H,1-5H3,(H,13,16). The molecule has 1 rings (SSSR count). The number of rotatable bonds is 2. The monoisotopic (exact) mass is 239 g/mol. The Morgan fingerprint density at radius 2 is 2.00 bits per heavy atom. The smallest absolute Gasteiger partial charge is 0.412 e. The third-order valence-electron chi connectivity index (χ3n) is 1.91. The minimum atomic E-state index is -0.604. The number of nitrogens with zero attached hydrogens (tertiary/aromatic N) is 2. The number of anilines is 1. The Bertz CT molecular complexity index is 443. The molecule has 0 fully saturated rings. The summed E-state index contributed by atoms with van der Waals surface area (Å²) in [7, 11) is 1.64. The summed E-state index contributed by atoms with van der Waals surface area (Å²) in [5, 5.41) is 6.42. The van der Waals surface area contributed by atoms with Crippen molar-refractivity contribution in [2.45, 2.75) is 33.3 Å². The van der Waals surface area contributed by atoms with Crippen molar-refractivity contribution >= 4 is 17.6 Å². The fraction of sp³-hybridized carbons (Fsp3) is 0.545. The molecule has 0 bridgehead atoms. The van der Waals surface area contributed by atoms with Crippen LogP contribution in [0.15, 0.2) is 6.20 Å². The zero-order chi connectivity index (χ0) is 13.2. The van der Waals surface area contributed by atoms with Gasteiger partial charge in [0.25, 0.3) is 0 Å². The Morgan fingerprint density at radius 1 is 1.41 bits per heavy atom. The maximum Gasteiger partial charge on any atom is 0.412 e. The van der Waals surface area contributed by atoms with Crippen molar-refractivity contribution < 1.29 is 14.3 Å². The van der Waals surface area contributed by atoms with Crippen LogP contribution in [0.25, 0.3) is 0 Å². The molecule has 1 aromatic rings. The summed E-state index contributed by atoms with van der Waals surface area (Å²) < 4.78 is 6.50. The van der Waals surface area contributed by atoms with E-state index in [1.165, 1.54) is 17.8 Å². The van der Waals surface area contributed by atoms with Gasteiger partial charge in [0, 0.05) is 14.0 Å². The summed E-state index contributed by atoms with van der Waals surface area (Å²) in [5.74, 6) is -0.170. The van der Waals surface area contributed by atoms with Crippen molar-refractivity contribution in [2.75, 3.05) is 5.32 Å². The molecule has 0 saturated heterocycles. The van der Waals surface area contributed by atoms with Crippen LogP contribution in [0, 0.1) is 0 Å². The van der Waals surface area contributed by atoms with E-state index in [-0.39, 0.29) is 5.78 Å². The van der Waals surface area contributed by atoms with Gasteiger partial charge in [0.05, 0.1) is 11.9 Å². The topological polar surface area (TPSA) is 73.2 Å². The quantitative estimate of drug-likeness (QED) is 0.801. The molecule has 0 aliphatic heterocycles. The van der Waals surface area contributed by atoms with E-state index < -0.39 is 11.7 Å². The second-order valence-corrected chi connectivity index (χ2v) is 4.71. The number of carbonyl (C=O) groups is 2. The lowest BCUT2D eigenvalue weighted by atomic mass is 10.2. The number of ketones is 1. The molecule has 0 aliphatic rings. The van der Waals surface area contributed by atoms with E-state index in [1.54, 1.807) is 27.8 Å². The lowest BCUT2D eigenvalue weighted by molar-refractivity contribution is 0.0636. The Balaban J connectivity index is 2.83. The minimum Gasteiger partial charge on any atom is -0.444 e. The zero-order valence-corrected chi connectivity index (χ0v) is 10.7. The molecule has 1 amide bonds. The SMILES string of the molecule is CC(=O)c1c(NC(=O)OC(C)(C)C)cnn1C. The van der Waals surface area contributed by atoms with Crippen molar-refractivity contribution in [3.8, 4) is 0 Å². The molecule has 94 valence electrons. The highest BCUT2D eigenvalue weighted by Gasteiger charge is 2.19. The van der Waals surface area contributed by atoms with E-state index in [0.717, 1.165) is 0 Å². The van der Waals surface area contributed by atoms with Crippen molar-refractivity contribution in [2.24, 2.45) is 7.05 Å². The molecule has 1 heterocycles. The van der Waals surface area contributed by atoms with E-state index in [4.69, 9.17) is 4.74 Å². The molecular formula is C11H17N3O3. The van der Waals surface area contributed by atoms with Crippen molar-refractivity contribution in [1.29, 1.82) is 0 Å². The predicted octanol–water partition coefficient (Wildman–Crippen LogP) is 1.97. The Kier molecular flexibility index (Phi) is 3.55. The van der Waals surface area contributed by atoms with Crippen LogP contribution in [0.1, 0.15) is 38.2 Å². The van der Waals surface area contributed by atoms with Crippen LogP contribution >= 0.6 is 0 Å². The van der Waals surface area contributed by atoms with Crippen LogP contribution in [0.3, 0.4) is 0 Å². The number of hydrogen-bond acceptors (Lipinski definition) is 4. The number of nitrogens with one attached hydrogen (secondary N) is 1. The van der Waals surface area contributed by atoms with Gasteiger partial charge in [-0.1, -0.05) is 0 Å². The van der Waals surface area contributed by atoms with Crippen molar-refractivity contribution in [3.63, 3.8) is 0 Å². The predicted molar refractivity (Wildman–Crippen MR) is 63.1 cm³/mol. The van der Waals surface area contributed by atoms with Gasteiger partial charge in [0.15, 0.2) is 5.78 Å². The van der Waals surface area contributed by atoms with Gasteiger partial charge in [-0.2, -0.15) is 5.10 Å². The summed E-state index contributed by atoms with van der Waals surface area (Å²) >= 11 is 0. The maximum absolute atomic E-state index is 11.5. The molecule has 0 saturated carbocycles. The Labute approximate surface area is 99.9 Å². The summed E-state index contributed by atoms with van der Waals surface area (Å²) in [6.07, 6.45) is 0.814. The van der Waals surface area contributed by atoms with Gasteiger partial charge in [-0.25, -0.2) is 4.79 Å². The number of amides is 1. The first-order valence-corrected chi connectivity index (χ1v) is 5.23. The van der Waals surface area contributed by atoms with Crippen LogP contribution in [0.5, 0.6) is 0 Å². The van der Waals surface area contributed by atoms with Gasteiger partial charge in [-0.3, -0.25) is 14.8 Å². The van der Waals surface area contributed by atoms with E-state index >= 15 is 0 Å². The van der Waals surface area contributed by atoms with E-state index in [9.17, 15) is 9.59 Å². The van der Waals surface area contributed by atoms with Gasteiger partial charge in [-0.05, 0) is 20.8 Å². The summed E-state index contributed by atoms with van der Waals surface area (Å²) in [5.41, 5.74) is 0.118. The van der Waals surface area contributed by atoms with Gasteiger partial charge in [0.2, 0.25) is 0 Å². The zero-order valence-electron chi connectivity index (χ0n) is 10.7. The van der Waals surface area contributed by atoms with Gasteiger partial charge < -0.3 is 4.74 Å². The van der Waals surface area contributed by atoms with E-state index in [1.807, 2.05) is 0 Å². The molecule has 6 heteroatoms. The summed E-state index contributed by atoms with van der Waals surface area (Å²) in [6.45, 7) is 6.71. The number of carbonyl (C=O) groups excluding carboxylic acids is 2. The maximum atomic E-state index is 11.5. The lowest BCUT2D eigenvalue weighted by Gasteiger charge is -2.19. The number of Topliss-reactive ketones (excluding diaryl/α,β-unsaturated/α-hetero) is 1. The highest BCUT2D eigenvalue weighted by atomic mass is 16.6. The molecule has 17 heavy (non-hydrogen) atoms. The highest BCUT2D eigenvalue weighted by Crippen LogP contribution is 2.16. The van der Waals surface area contributed by atoms with Gasteiger partial charge in [-0.15, -0.1) is 0 Å². The van der Waals surface area contributed by atoms with Crippen LogP contribution in [-0.2, 0) is 11.8 Å². The number of ether oxygens (including phenoxy) is 1. The molecule has 0 atom stereocenters. The van der Waals surface area contributed by atoms with E-state index in [0.29, 0.717) is 11.4 Å². The average Bonchev–Trinajstić information content (AvgIpc) is 2.42. The van der Waals surface area contributed by atoms with Crippen LogP contribution in [0.4, 0.5) is 10.5 Å². The lowest BCUT2D eigenvalue weighted by Crippen LogP contribution is -2.27. The molecule has 0 aromatic carbocycles. The van der Waals surface area contributed by atoms with Crippen LogP contribution in [0.2, 0.25) is 0 Å². The van der Waals surface area contributed by atoms with Crippen LogP contribution in [-0.4, -0.2) is 27.3 Å². The van der Waals surface area contributed by atoms with Gasteiger partial charge in [0.1, 0.15) is 11.3 Å². The Hall–Kier alpha value is -1.85. The molecule has 0 aliphatic carbocycles. The largest absolute Gasteiger partial charge is 0.444 e. The number of aromatic nitrogens is 2. The first-order chi connectivity index (χ1) is 7.70. The van der Waals surface area contributed by atoms with Gasteiger partial charge >= 0.3 is 6.09 Å². The second kappa shape index (κ2) is 4.57. The second-order valence-electron chi connectivity index (χ2n) is 4.71. The molecule has 0 spiro atoms. The fourth-order valence-corrected chi connectivity index (χ4v) is 1.36. The number of aryl methyl sites for hydroxylation is 1. The molecule has 0 radical (unpaired) electrons. The normalized spacial score (nSPS) is 11.1. The fourth-order valence-electron chi connectivity index (χ4n) is 1.36. The third kappa shape index (κ3) is 3.58. The van der Waals surface area contributed by atoms with Crippen molar-refractivity contribution in [1.82, 2.24) is 9.78 Å². The molecule has 0 unspecified atom stereocenters. The summed E-state index contributed by atoms with van der Waals surface area (Å²) in [6, 6.07) is 0. The highest BCUT2D eigenvalue weighted by molar-refractivity contribution is 6.01. The summed E-state index contributed by atoms with van der Waals surface area (Å²) in [4.78, 5) is 22.9. The number of hydrogen-bond donors (Lipinski definition) is 1. The molecular weight excluding hydrogens is 222 g/mol. The molecule has 6 nitrogen and oxygen atoms in total. The van der Waals surface area contributed by atoms with Crippen LogP contribution < -0.4 is 5.32 Å². The average molecular weight is 239 g/mol.